The average molecular weight is 300 g/mol. The van der Waals surface area contributed by atoms with Crippen LogP contribution in [0.25, 0.3) is 0 Å². The molecule has 112 valence electrons. The topological polar surface area (TPSA) is 69.7 Å². The van der Waals surface area contributed by atoms with Crippen molar-refractivity contribution in [3.05, 3.63) is 30.3 Å². The van der Waals surface area contributed by atoms with Gasteiger partial charge in [0.1, 0.15) is 5.75 Å². The summed E-state index contributed by atoms with van der Waals surface area (Å²) in [6, 6.07) is 9.21. The molecule has 0 amide bonds. The summed E-state index contributed by atoms with van der Waals surface area (Å²) in [4.78, 5) is 11.1. The van der Waals surface area contributed by atoms with E-state index in [4.69, 9.17) is 4.74 Å². The molecule has 1 atom stereocenters. The summed E-state index contributed by atoms with van der Waals surface area (Å²) in [7, 11) is -2.06. The van der Waals surface area contributed by atoms with Crippen LogP contribution in [0.2, 0.25) is 0 Å². The van der Waals surface area contributed by atoms with Crippen LogP contribution < -0.4 is 4.74 Å². The molecule has 0 aliphatic heterocycles. The van der Waals surface area contributed by atoms with Crippen LogP contribution in [0.15, 0.2) is 30.3 Å². The van der Waals surface area contributed by atoms with Crippen molar-refractivity contribution in [2.24, 2.45) is 0 Å². The van der Waals surface area contributed by atoms with Crippen LogP contribution in [0.5, 0.6) is 5.75 Å². The highest BCUT2D eigenvalue weighted by molar-refractivity contribution is 7.92. The molecule has 1 unspecified atom stereocenters. The molecular formula is C14H20O5S. The molecule has 5 nitrogen and oxygen atoms in total. The number of esters is 1. The van der Waals surface area contributed by atoms with E-state index in [1.54, 1.807) is 0 Å². The predicted octanol–water partition coefficient (Wildman–Crippen LogP) is 1.82. The molecule has 0 saturated carbocycles. The van der Waals surface area contributed by atoms with Gasteiger partial charge < -0.3 is 9.47 Å². The Morgan fingerprint density at radius 2 is 1.90 bits per heavy atom. The van der Waals surface area contributed by atoms with Gasteiger partial charge in [0, 0.05) is 0 Å². The van der Waals surface area contributed by atoms with Gasteiger partial charge in [0.25, 0.3) is 0 Å². The molecule has 1 aromatic rings. The van der Waals surface area contributed by atoms with Gasteiger partial charge in [0.05, 0.1) is 31.1 Å². The van der Waals surface area contributed by atoms with Crippen molar-refractivity contribution in [2.45, 2.75) is 25.0 Å². The summed E-state index contributed by atoms with van der Waals surface area (Å²) in [6.07, 6.45) is 0.279. The largest absolute Gasteiger partial charge is 0.494 e. The first kappa shape index (κ1) is 16.5. The predicted molar refractivity (Wildman–Crippen MR) is 76.4 cm³/mol. The number of ether oxygens (including phenoxy) is 2. The Balaban J connectivity index is 2.34. The quantitative estimate of drug-likeness (QED) is 0.541. The van der Waals surface area contributed by atoms with Gasteiger partial charge in [-0.15, -0.1) is 0 Å². The summed E-state index contributed by atoms with van der Waals surface area (Å²) in [5.74, 6) is 0.201. The highest BCUT2D eigenvalue weighted by atomic mass is 32.2. The molecule has 1 aromatic carbocycles. The molecule has 0 aliphatic rings. The van der Waals surface area contributed by atoms with Crippen LogP contribution in [0.3, 0.4) is 0 Å². The van der Waals surface area contributed by atoms with Crippen molar-refractivity contribution in [3.8, 4) is 5.75 Å². The second-order valence-corrected chi connectivity index (χ2v) is 7.01. The third-order valence-corrected chi connectivity index (χ3v) is 5.13. The minimum Gasteiger partial charge on any atom is -0.494 e. The maximum Gasteiger partial charge on any atom is 0.306 e. The van der Waals surface area contributed by atoms with Crippen molar-refractivity contribution in [1.82, 2.24) is 0 Å². The van der Waals surface area contributed by atoms with E-state index in [9.17, 15) is 13.2 Å². The first-order valence-electron chi connectivity index (χ1n) is 6.42. The molecule has 0 aliphatic carbocycles. The van der Waals surface area contributed by atoms with Gasteiger partial charge in [-0.05, 0) is 25.5 Å². The van der Waals surface area contributed by atoms with Crippen LogP contribution in [-0.2, 0) is 19.4 Å². The van der Waals surface area contributed by atoms with Gasteiger partial charge in [-0.1, -0.05) is 18.2 Å². The first-order chi connectivity index (χ1) is 9.45. The molecular weight excluding hydrogens is 280 g/mol. The number of hydrogen-bond donors (Lipinski definition) is 0. The van der Waals surface area contributed by atoms with Gasteiger partial charge in [-0.2, -0.15) is 0 Å². The molecule has 0 aromatic heterocycles. The minimum absolute atomic E-state index is 0.00199. The fourth-order valence-electron chi connectivity index (χ4n) is 1.61. The Bertz CT molecular complexity index is 510. The summed E-state index contributed by atoms with van der Waals surface area (Å²) in [6.45, 7) is 1.85. The summed E-state index contributed by atoms with van der Waals surface area (Å²) >= 11 is 0. The number of benzene rings is 1. The number of carbonyl (C=O) groups is 1. The van der Waals surface area contributed by atoms with E-state index in [2.05, 4.69) is 4.74 Å². The first-order valence-corrected chi connectivity index (χ1v) is 8.13. The molecule has 0 bridgehead atoms. The second kappa shape index (κ2) is 7.89. The number of carbonyl (C=O) groups excluding carboxylic acids is 1. The SMILES string of the molecule is COC(=O)CC(C)S(=O)(=O)CCCOc1ccccc1. The van der Waals surface area contributed by atoms with Gasteiger partial charge in [-0.25, -0.2) is 8.42 Å². The zero-order chi connectivity index (χ0) is 15.0. The molecule has 0 saturated heterocycles. The molecule has 0 fully saturated rings. The lowest BCUT2D eigenvalue weighted by Gasteiger charge is -2.12. The lowest BCUT2D eigenvalue weighted by Crippen LogP contribution is -2.25. The maximum absolute atomic E-state index is 11.9. The van der Waals surface area contributed by atoms with Crippen molar-refractivity contribution in [3.63, 3.8) is 0 Å². The monoisotopic (exact) mass is 300 g/mol. The second-order valence-electron chi connectivity index (χ2n) is 4.47. The molecule has 0 N–H and O–H groups in total. The van der Waals surface area contributed by atoms with Crippen LogP contribution in [-0.4, -0.2) is 39.1 Å². The fourth-order valence-corrected chi connectivity index (χ4v) is 2.93. The van der Waals surface area contributed by atoms with Crippen LogP contribution >= 0.6 is 0 Å². The maximum atomic E-state index is 11.9. The van der Waals surface area contributed by atoms with E-state index in [1.807, 2.05) is 30.3 Å². The lowest BCUT2D eigenvalue weighted by atomic mass is 10.3. The zero-order valence-corrected chi connectivity index (χ0v) is 12.6. The average Bonchev–Trinajstić information content (AvgIpc) is 2.44. The van der Waals surface area contributed by atoms with E-state index in [0.29, 0.717) is 18.8 Å². The van der Waals surface area contributed by atoms with Crippen LogP contribution in [0.4, 0.5) is 0 Å². The normalized spacial score (nSPS) is 12.7. The van der Waals surface area contributed by atoms with E-state index in [-0.39, 0.29) is 12.2 Å². The molecule has 0 radical (unpaired) electrons. The van der Waals surface area contributed by atoms with Crippen molar-refractivity contribution < 1.29 is 22.7 Å². The number of para-hydroxylation sites is 1. The zero-order valence-electron chi connectivity index (χ0n) is 11.7. The number of rotatable bonds is 8. The third kappa shape index (κ3) is 5.61. The van der Waals surface area contributed by atoms with Crippen molar-refractivity contribution >= 4 is 15.8 Å². The van der Waals surface area contributed by atoms with Crippen LogP contribution in [0.1, 0.15) is 19.8 Å². The van der Waals surface area contributed by atoms with E-state index in [1.165, 1.54) is 14.0 Å². The summed E-state index contributed by atoms with van der Waals surface area (Å²) in [5.41, 5.74) is 0. The highest BCUT2D eigenvalue weighted by Gasteiger charge is 2.23. The molecule has 6 heteroatoms. The van der Waals surface area contributed by atoms with Gasteiger partial charge in [-0.3, -0.25) is 4.79 Å². The third-order valence-electron chi connectivity index (χ3n) is 2.88. The van der Waals surface area contributed by atoms with E-state index < -0.39 is 21.1 Å². The smallest absolute Gasteiger partial charge is 0.306 e. The fraction of sp³-hybridized carbons (Fsp3) is 0.500. The van der Waals surface area contributed by atoms with Crippen molar-refractivity contribution in [1.29, 1.82) is 0 Å². The van der Waals surface area contributed by atoms with Gasteiger partial charge >= 0.3 is 5.97 Å². The van der Waals surface area contributed by atoms with Crippen LogP contribution in [0, 0.1) is 0 Å². The highest BCUT2D eigenvalue weighted by Crippen LogP contribution is 2.11. The lowest BCUT2D eigenvalue weighted by molar-refractivity contribution is -0.140. The standard InChI is InChI=1S/C14H20O5S/c1-12(11-14(15)18-2)20(16,17)10-6-9-19-13-7-4-3-5-8-13/h3-5,7-8,12H,6,9-11H2,1-2H3. The number of sulfone groups is 1. The van der Waals surface area contributed by atoms with E-state index in [0.717, 1.165) is 0 Å². The number of methoxy groups -OCH3 is 1. The van der Waals surface area contributed by atoms with Gasteiger partial charge in [0.15, 0.2) is 9.84 Å². The minimum atomic E-state index is -3.30. The summed E-state index contributed by atoms with van der Waals surface area (Å²) in [5, 5.41) is -0.730. The Kier molecular flexibility index (Phi) is 6.51. The van der Waals surface area contributed by atoms with E-state index >= 15 is 0 Å². The molecule has 1 rings (SSSR count). The Labute approximate surface area is 119 Å². The Hall–Kier alpha value is -1.56. The summed E-state index contributed by atoms with van der Waals surface area (Å²) < 4.78 is 33.8. The van der Waals surface area contributed by atoms with Crippen molar-refractivity contribution in [2.75, 3.05) is 19.5 Å². The molecule has 0 spiro atoms. The molecule has 20 heavy (non-hydrogen) atoms. The van der Waals surface area contributed by atoms with Gasteiger partial charge in [0.2, 0.25) is 0 Å². The number of hydrogen-bond acceptors (Lipinski definition) is 5. The molecule has 0 heterocycles. The Morgan fingerprint density at radius 3 is 2.50 bits per heavy atom. The Morgan fingerprint density at radius 1 is 1.25 bits per heavy atom.